The smallest absolute Gasteiger partial charge is 0.250 e. The van der Waals surface area contributed by atoms with E-state index in [-0.39, 0.29) is 17.7 Å². The molecule has 3 atom stereocenters. The van der Waals surface area contributed by atoms with Crippen molar-refractivity contribution in [2.75, 3.05) is 16.3 Å². The number of nitrogens with one attached hydrogen (secondary N) is 2. The van der Waals surface area contributed by atoms with Crippen LogP contribution in [0.15, 0.2) is 35.0 Å². The van der Waals surface area contributed by atoms with Crippen molar-refractivity contribution in [1.82, 2.24) is 10.6 Å². The minimum absolute atomic E-state index is 0.0492. The first-order valence-electron chi connectivity index (χ1n) is 12.8. The summed E-state index contributed by atoms with van der Waals surface area (Å²) in [6.07, 6.45) is 1.99. The maximum atomic E-state index is 13.9. The molecule has 4 N–H and O–H groups in total. The molecular weight excluding hydrogens is 490 g/mol. The maximum absolute atomic E-state index is 13.9. The highest BCUT2D eigenvalue weighted by atomic mass is 32.1. The van der Waals surface area contributed by atoms with Gasteiger partial charge in [-0.2, -0.15) is 11.3 Å². The van der Waals surface area contributed by atoms with E-state index in [2.05, 4.69) is 10.6 Å². The van der Waals surface area contributed by atoms with E-state index in [0.717, 1.165) is 28.9 Å². The number of thiophene rings is 1. The quantitative estimate of drug-likeness (QED) is 0.464. The Morgan fingerprint density at radius 1 is 1.16 bits per heavy atom. The fourth-order valence-corrected chi connectivity index (χ4v) is 5.55. The molecule has 2 aliphatic rings. The van der Waals surface area contributed by atoms with Crippen LogP contribution in [0.25, 0.3) is 0 Å². The van der Waals surface area contributed by atoms with Crippen molar-refractivity contribution in [2.45, 2.75) is 71.1 Å². The molecular formula is C27H35N5O4S. The van der Waals surface area contributed by atoms with Crippen LogP contribution < -0.4 is 26.2 Å². The van der Waals surface area contributed by atoms with E-state index in [1.165, 1.54) is 0 Å². The van der Waals surface area contributed by atoms with Gasteiger partial charge in [0.25, 0.3) is 0 Å². The molecule has 4 rings (SSSR count). The Hall–Kier alpha value is -3.24. The second-order valence-corrected chi connectivity index (χ2v) is 11.0. The van der Waals surface area contributed by atoms with Gasteiger partial charge in [0.15, 0.2) is 0 Å². The molecule has 2 aromatic rings. The number of carbonyl (C=O) groups excluding carboxylic acids is 4. The van der Waals surface area contributed by atoms with Crippen molar-refractivity contribution >= 4 is 46.3 Å². The van der Waals surface area contributed by atoms with Crippen molar-refractivity contribution in [3.63, 3.8) is 0 Å². The van der Waals surface area contributed by atoms with Crippen LogP contribution in [0, 0.1) is 5.92 Å². The zero-order valence-corrected chi connectivity index (χ0v) is 22.3. The van der Waals surface area contributed by atoms with E-state index in [4.69, 9.17) is 5.73 Å². The summed E-state index contributed by atoms with van der Waals surface area (Å²) in [6.45, 7) is 6.43. The molecule has 10 heteroatoms. The lowest BCUT2D eigenvalue weighted by molar-refractivity contribution is -0.132. The largest absolute Gasteiger partial charge is 0.343 e. The zero-order valence-electron chi connectivity index (χ0n) is 21.5. The molecule has 1 fully saturated rings. The van der Waals surface area contributed by atoms with Crippen molar-refractivity contribution in [1.29, 1.82) is 0 Å². The normalized spacial score (nSPS) is 19.1. The Labute approximate surface area is 221 Å². The van der Waals surface area contributed by atoms with E-state index in [1.807, 2.05) is 48.9 Å². The van der Waals surface area contributed by atoms with Crippen LogP contribution in [0.2, 0.25) is 0 Å². The van der Waals surface area contributed by atoms with Gasteiger partial charge in [0, 0.05) is 19.4 Å². The summed E-state index contributed by atoms with van der Waals surface area (Å²) in [5, 5.41) is 9.57. The zero-order chi connectivity index (χ0) is 26.7. The third-order valence-corrected chi connectivity index (χ3v) is 7.44. The number of hydrogen-bond donors (Lipinski definition) is 3. The number of anilines is 2. The van der Waals surface area contributed by atoms with Gasteiger partial charge in [0.05, 0.1) is 24.0 Å². The van der Waals surface area contributed by atoms with Gasteiger partial charge in [-0.25, -0.2) is 0 Å². The first-order chi connectivity index (χ1) is 17.7. The van der Waals surface area contributed by atoms with Gasteiger partial charge in [-0.05, 0) is 59.7 Å². The van der Waals surface area contributed by atoms with Gasteiger partial charge in [-0.1, -0.05) is 26.0 Å². The highest BCUT2D eigenvalue weighted by molar-refractivity contribution is 7.07. The van der Waals surface area contributed by atoms with Crippen molar-refractivity contribution in [3.8, 4) is 0 Å². The maximum Gasteiger partial charge on any atom is 0.250 e. The van der Waals surface area contributed by atoms with Crippen LogP contribution in [-0.2, 0) is 32.1 Å². The van der Waals surface area contributed by atoms with Crippen LogP contribution in [0.4, 0.5) is 11.4 Å². The fraction of sp³-hybridized carbons (Fsp3) is 0.481. The number of fused-ring (bicyclic) bond motifs is 1. The average Bonchev–Trinajstić information content (AvgIpc) is 3.52. The van der Waals surface area contributed by atoms with Crippen LogP contribution in [0.3, 0.4) is 0 Å². The average molecular weight is 526 g/mol. The summed E-state index contributed by atoms with van der Waals surface area (Å²) in [5.74, 6) is -0.880. The standard InChI is InChI=1S/C27H35N5O4S/c1-16(2)12-20(29-25(34)17(3)28)26(35)30-21-13-19-6-4-7-22(31-10-5-8-23(31)33)24(19)32(27(21)36)14-18-9-11-37-15-18/h4,6-7,9,11,15-17,20-21H,5,8,10,12-14,28H2,1-3H3,(H,29,34)(H,30,35)/t17-,20-,21?/m1/s1. The van der Waals surface area contributed by atoms with Gasteiger partial charge < -0.3 is 26.2 Å². The number of carbonyl (C=O) groups is 4. The molecule has 4 amide bonds. The first kappa shape index (κ1) is 26.8. The first-order valence-corrected chi connectivity index (χ1v) is 13.7. The minimum Gasteiger partial charge on any atom is -0.343 e. The number of benzene rings is 1. The summed E-state index contributed by atoms with van der Waals surface area (Å²) in [5.41, 5.74) is 9.02. The third-order valence-electron chi connectivity index (χ3n) is 6.71. The van der Waals surface area contributed by atoms with E-state index in [9.17, 15) is 19.2 Å². The Kier molecular flexibility index (Phi) is 8.29. The Morgan fingerprint density at radius 2 is 1.95 bits per heavy atom. The van der Waals surface area contributed by atoms with E-state index < -0.39 is 29.9 Å². The van der Waals surface area contributed by atoms with Gasteiger partial charge in [0.1, 0.15) is 12.1 Å². The molecule has 1 saturated heterocycles. The minimum atomic E-state index is -0.801. The highest BCUT2D eigenvalue weighted by Gasteiger charge is 2.38. The summed E-state index contributed by atoms with van der Waals surface area (Å²) >= 11 is 1.55. The summed E-state index contributed by atoms with van der Waals surface area (Å²) in [6, 6.07) is 5.33. The molecule has 1 aromatic carbocycles. The molecule has 0 saturated carbocycles. The summed E-state index contributed by atoms with van der Waals surface area (Å²) < 4.78 is 0. The molecule has 0 spiro atoms. The predicted octanol–water partition coefficient (Wildman–Crippen LogP) is 2.33. The predicted molar refractivity (Wildman–Crippen MR) is 144 cm³/mol. The van der Waals surface area contributed by atoms with Gasteiger partial charge >= 0.3 is 0 Å². The molecule has 198 valence electrons. The lowest BCUT2D eigenvalue weighted by Gasteiger charge is -2.37. The molecule has 0 aliphatic carbocycles. The second-order valence-electron chi connectivity index (χ2n) is 10.2. The molecule has 0 bridgehead atoms. The van der Waals surface area contributed by atoms with Crippen LogP contribution in [0.1, 0.15) is 51.2 Å². The molecule has 2 aliphatic heterocycles. The van der Waals surface area contributed by atoms with Crippen molar-refractivity contribution < 1.29 is 19.2 Å². The summed E-state index contributed by atoms with van der Waals surface area (Å²) in [4.78, 5) is 55.5. The number of nitrogens with zero attached hydrogens (tertiary/aromatic N) is 2. The molecule has 0 radical (unpaired) electrons. The number of rotatable bonds is 9. The van der Waals surface area contributed by atoms with E-state index >= 15 is 0 Å². The lowest BCUT2D eigenvalue weighted by atomic mass is 9.94. The number of hydrogen-bond acceptors (Lipinski definition) is 6. The van der Waals surface area contributed by atoms with E-state index in [0.29, 0.717) is 32.4 Å². The Bertz CT molecular complexity index is 1160. The van der Waals surface area contributed by atoms with Gasteiger partial charge in [-0.15, -0.1) is 0 Å². The SMILES string of the molecule is CC(C)C[C@@H](NC(=O)[C@@H](C)N)C(=O)NC1Cc2cccc(N3CCCC3=O)c2N(Cc2ccsc2)C1=O. The van der Waals surface area contributed by atoms with Crippen LogP contribution >= 0.6 is 11.3 Å². The van der Waals surface area contributed by atoms with Gasteiger partial charge in [-0.3, -0.25) is 19.2 Å². The second kappa shape index (κ2) is 11.4. The van der Waals surface area contributed by atoms with Crippen molar-refractivity contribution in [3.05, 3.63) is 46.2 Å². The highest BCUT2D eigenvalue weighted by Crippen LogP contribution is 2.40. The lowest BCUT2D eigenvalue weighted by Crippen LogP contribution is -2.58. The monoisotopic (exact) mass is 525 g/mol. The van der Waals surface area contributed by atoms with Crippen molar-refractivity contribution in [2.24, 2.45) is 11.7 Å². The van der Waals surface area contributed by atoms with Gasteiger partial charge in [0.2, 0.25) is 23.6 Å². The third kappa shape index (κ3) is 6.02. The number of nitrogens with two attached hydrogens (primary N) is 1. The number of amides is 4. The Morgan fingerprint density at radius 3 is 2.57 bits per heavy atom. The molecule has 9 nitrogen and oxygen atoms in total. The molecule has 1 aromatic heterocycles. The molecule has 1 unspecified atom stereocenters. The van der Waals surface area contributed by atoms with Crippen LogP contribution in [0.5, 0.6) is 0 Å². The Balaban J connectivity index is 1.65. The van der Waals surface area contributed by atoms with E-state index in [1.54, 1.807) is 28.1 Å². The molecule has 37 heavy (non-hydrogen) atoms. The topological polar surface area (TPSA) is 125 Å². The van der Waals surface area contributed by atoms with Crippen LogP contribution in [-0.4, -0.2) is 48.3 Å². The number of para-hydroxylation sites is 1. The summed E-state index contributed by atoms with van der Waals surface area (Å²) in [7, 11) is 0. The fourth-order valence-electron chi connectivity index (χ4n) is 4.89. The molecule has 3 heterocycles.